The zero-order valence-corrected chi connectivity index (χ0v) is 10.4. The van der Waals surface area contributed by atoms with Crippen molar-refractivity contribution in [3.63, 3.8) is 0 Å². The van der Waals surface area contributed by atoms with Gasteiger partial charge in [0.1, 0.15) is 5.75 Å². The molecule has 2 nitrogen and oxygen atoms in total. The number of methoxy groups -OCH3 is 1. The van der Waals surface area contributed by atoms with Gasteiger partial charge in [0.05, 0.1) is 13.2 Å². The van der Waals surface area contributed by atoms with Crippen molar-refractivity contribution < 1.29 is 9.84 Å². The molecule has 1 fully saturated rings. The van der Waals surface area contributed by atoms with E-state index in [0.717, 1.165) is 29.9 Å². The zero-order valence-electron chi connectivity index (χ0n) is 9.56. The lowest BCUT2D eigenvalue weighted by molar-refractivity contribution is 0.137. The van der Waals surface area contributed by atoms with Gasteiger partial charge in [0, 0.05) is 10.1 Å². The molecule has 0 radical (unpaired) electrons. The third kappa shape index (κ3) is 2.71. The van der Waals surface area contributed by atoms with Gasteiger partial charge >= 0.3 is 0 Å². The summed E-state index contributed by atoms with van der Waals surface area (Å²) in [4.78, 5) is 1.14. The van der Waals surface area contributed by atoms with Crippen molar-refractivity contribution >= 4 is 11.8 Å². The summed E-state index contributed by atoms with van der Waals surface area (Å²) in [6.07, 6.45) is 4.26. The van der Waals surface area contributed by atoms with E-state index in [9.17, 15) is 5.11 Å². The van der Waals surface area contributed by atoms with Crippen LogP contribution in [0.4, 0.5) is 0 Å². The topological polar surface area (TPSA) is 29.5 Å². The summed E-state index contributed by atoms with van der Waals surface area (Å²) in [6, 6.07) is 8.02. The molecule has 88 valence electrons. The van der Waals surface area contributed by atoms with Crippen molar-refractivity contribution in [3.8, 4) is 5.75 Å². The lowest BCUT2D eigenvalue weighted by atomic mass is 9.97. The van der Waals surface area contributed by atoms with Crippen LogP contribution in [0, 0.1) is 0 Å². The van der Waals surface area contributed by atoms with Gasteiger partial charge in [0.25, 0.3) is 0 Å². The number of aliphatic hydroxyl groups excluding tert-OH is 1. The molecule has 0 amide bonds. The van der Waals surface area contributed by atoms with Gasteiger partial charge < -0.3 is 9.84 Å². The van der Waals surface area contributed by atoms with Crippen molar-refractivity contribution in [2.75, 3.05) is 7.11 Å². The van der Waals surface area contributed by atoms with Gasteiger partial charge in [-0.3, -0.25) is 0 Å². The smallest absolute Gasteiger partial charge is 0.132 e. The Balaban J connectivity index is 2.07. The summed E-state index contributed by atoms with van der Waals surface area (Å²) in [5.74, 6) is 0.908. The van der Waals surface area contributed by atoms with Crippen molar-refractivity contribution in [1.29, 1.82) is 0 Å². The third-order valence-corrected chi connectivity index (χ3v) is 4.46. The Morgan fingerprint density at radius 2 is 2.00 bits per heavy atom. The molecule has 1 saturated carbocycles. The first-order valence-electron chi connectivity index (χ1n) is 5.79. The summed E-state index contributed by atoms with van der Waals surface area (Å²) in [5, 5.41) is 10.3. The monoisotopic (exact) mass is 238 g/mol. The molecule has 0 aliphatic heterocycles. The van der Waals surface area contributed by atoms with E-state index in [-0.39, 0.29) is 6.10 Å². The number of benzene rings is 1. The van der Waals surface area contributed by atoms with Crippen molar-refractivity contribution in [3.05, 3.63) is 24.3 Å². The highest BCUT2D eigenvalue weighted by Crippen LogP contribution is 2.38. The predicted molar refractivity (Wildman–Crippen MR) is 67.1 cm³/mol. The van der Waals surface area contributed by atoms with Crippen LogP contribution < -0.4 is 4.74 Å². The molecule has 2 atom stereocenters. The summed E-state index contributed by atoms with van der Waals surface area (Å²) in [6.45, 7) is 0. The molecular formula is C13H18O2S. The first-order valence-corrected chi connectivity index (χ1v) is 6.67. The maximum Gasteiger partial charge on any atom is 0.132 e. The number of aliphatic hydroxyl groups is 1. The van der Waals surface area contributed by atoms with Gasteiger partial charge in [-0.1, -0.05) is 25.0 Å². The van der Waals surface area contributed by atoms with Gasteiger partial charge in [-0.15, -0.1) is 11.8 Å². The number of hydrogen-bond donors (Lipinski definition) is 1. The quantitative estimate of drug-likeness (QED) is 0.877. The molecule has 0 heterocycles. The molecule has 0 unspecified atom stereocenters. The average molecular weight is 238 g/mol. The predicted octanol–water partition coefficient (Wildman–Crippen LogP) is 3.09. The van der Waals surface area contributed by atoms with E-state index < -0.39 is 0 Å². The summed E-state index contributed by atoms with van der Waals surface area (Å²) in [5.41, 5.74) is 0. The van der Waals surface area contributed by atoms with Crippen LogP contribution >= 0.6 is 11.8 Å². The minimum Gasteiger partial charge on any atom is -0.496 e. The normalized spacial score (nSPS) is 25.4. The van der Waals surface area contributed by atoms with Crippen LogP contribution in [0.15, 0.2) is 29.2 Å². The molecule has 2 rings (SSSR count). The third-order valence-electron chi connectivity index (χ3n) is 3.02. The Morgan fingerprint density at radius 1 is 1.25 bits per heavy atom. The van der Waals surface area contributed by atoms with Crippen LogP contribution in [0.2, 0.25) is 0 Å². The van der Waals surface area contributed by atoms with Crippen LogP contribution in [-0.4, -0.2) is 23.6 Å². The van der Waals surface area contributed by atoms with Crippen LogP contribution in [0.1, 0.15) is 25.7 Å². The summed E-state index contributed by atoms with van der Waals surface area (Å²) < 4.78 is 5.32. The second-order valence-electron chi connectivity index (χ2n) is 4.16. The van der Waals surface area contributed by atoms with Gasteiger partial charge in [0.15, 0.2) is 0 Å². The lowest BCUT2D eigenvalue weighted by Gasteiger charge is -2.27. The van der Waals surface area contributed by atoms with E-state index in [0.29, 0.717) is 5.25 Å². The highest BCUT2D eigenvalue weighted by atomic mass is 32.2. The van der Waals surface area contributed by atoms with E-state index in [4.69, 9.17) is 4.74 Å². The molecule has 1 aromatic carbocycles. The molecule has 1 aromatic rings. The molecule has 3 heteroatoms. The largest absolute Gasteiger partial charge is 0.496 e. The van der Waals surface area contributed by atoms with Gasteiger partial charge in [-0.05, 0) is 25.0 Å². The minimum atomic E-state index is -0.163. The van der Waals surface area contributed by atoms with Crippen molar-refractivity contribution in [2.24, 2.45) is 0 Å². The average Bonchev–Trinajstić information content (AvgIpc) is 2.33. The fourth-order valence-corrected chi connectivity index (χ4v) is 3.42. The number of hydrogen-bond acceptors (Lipinski definition) is 3. The summed E-state index contributed by atoms with van der Waals surface area (Å²) in [7, 11) is 1.69. The van der Waals surface area contributed by atoms with E-state index in [2.05, 4.69) is 6.07 Å². The molecule has 0 bridgehead atoms. The Hall–Kier alpha value is -0.670. The van der Waals surface area contributed by atoms with Crippen LogP contribution in [-0.2, 0) is 0 Å². The number of rotatable bonds is 3. The maximum absolute atomic E-state index is 9.93. The standard InChI is InChI=1S/C13H18O2S/c1-15-11-7-3-5-9-13(11)16-12-8-4-2-6-10(12)14/h3,5,7,9-10,12,14H,2,4,6,8H2,1H3/t10-,12-/m1/s1. The van der Waals surface area contributed by atoms with Crippen LogP contribution in [0.25, 0.3) is 0 Å². The molecule has 1 aliphatic carbocycles. The Morgan fingerprint density at radius 3 is 2.75 bits per heavy atom. The van der Waals surface area contributed by atoms with E-state index >= 15 is 0 Å². The van der Waals surface area contributed by atoms with Crippen molar-refractivity contribution in [1.82, 2.24) is 0 Å². The SMILES string of the molecule is COc1ccccc1S[C@@H]1CCCC[C@H]1O. The minimum absolute atomic E-state index is 0.163. The van der Waals surface area contributed by atoms with E-state index in [1.807, 2.05) is 18.2 Å². The molecule has 0 spiro atoms. The van der Waals surface area contributed by atoms with Crippen LogP contribution in [0.5, 0.6) is 5.75 Å². The Kier molecular flexibility index (Phi) is 4.13. The number of para-hydroxylation sites is 1. The number of ether oxygens (including phenoxy) is 1. The van der Waals surface area contributed by atoms with Crippen molar-refractivity contribution in [2.45, 2.75) is 41.9 Å². The molecule has 16 heavy (non-hydrogen) atoms. The molecule has 1 N–H and O–H groups in total. The molecular weight excluding hydrogens is 220 g/mol. The van der Waals surface area contributed by atoms with Gasteiger partial charge in [-0.25, -0.2) is 0 Å². The fourth-order valence-electron chi connectivity index (χ4n) is 2.09. The van der Waals surface area contributed by atoms with Gasteiger partial charge in [0.2, 0.25) is 0 Å². The molecule has 0 aromatic heterocycles. The lowest BCUT2D eigenvalue weighted by Crippen LogP contribution is -2.26. The van der Waals surface area contributed by atoms with Gasteiger partial charge in [-0.2, -0.15) is 0 Å². The highest BCUT2D eigenvalue weighted by molar-refractivity contribution is 8.00. The maximum atomic E-state index is 9.93. The summed E-state index contributed by atoms with van der Waals surface area (Å²) >= 11 is 1.75. The fraction of sp³-hybridized carbons (Fsp3) is 0.538. The highest BCUT2D eigenvalue weighted by Gasteiger charge is 2.24. The van der Waals surface area contributed by atoms with E-state index in [1.54, 1.807) is 18.9 Å². The Bertz CT molecular complexity index is 340. The second-order valence-corrected chi connectivity index (χ2v) is 5.44. The van der Waals surface area contributed by atoms with Crippen LogP contribution in [0.3, 0.4) is 0 Å². The first-order chi connectivity index (χ1) is 7.81. The molecule has 1 aliphatic rings. The van der Waals surface area contributed by atoms with E-state index in [1.165, 1.54) is 6.42 Å². The first kappa shape index (κ1) is 11.8. The molecule has 0 saturated heterocycles. The Labute approximate surface area is 101 Å². The second kappa shape index (κ2) is 5.60. The number of thioether (sulfide) groups is 1. The zero-order chi connectivity index (χ0) is 11.4.